The number of nitrogens with one attached hydrogen (secondary N) is 1. The van der Waals surface area contributed by atoms with Crippen LogP contribution in [0.5, 0.6) is 0 Å². The number of para-hydroxylation sites is 1. The molecular weight excluding hydrogens is 270 g/mol. The van der Waals surface area contributed by atoms with Crippen LogP contribution in [0.25, 0.3) is 0 Å². The molecule has 0 atom stereocenters. The molecule has 1 N–H and O–H groups in total. The van der Waals surface area contributed by atoms with Gasteiger partial charge in [-0.1, -0.05) is 36.7 Å². The molecule has 0 aliphatic carbocycles. The summed E-state index contributed by atoms with van der Waals surface area (Å²) in [5.74, 6) is 0. The molecule has 20 heavy (non-hydrogen) atoms. The molecule has 0 spiro atoms. The molecule has 0 saturated carbocycles. The van der Waals surface area contributed by atoms with Crippen LogP contribution in [-0.4, -0.2) is 18.6 Å². The van der Waals surface area contributed by atoms with Gasteiger partial charge in [0.1, 0.15) is 0 Å². The van der Waals surface area contributed by atoms with Gasteiger partial charge in [-0.3, -0.25) is 4.98 Å². The van der Waals surface area contributed by atoms with E-state index in [-0.39, 0.29) is 0 Å². The molecule has 3 nitrogen and oxygen atoms in total. The Balaban J connectivity index is 2.21. The second kappa shape index (κ2) is 7.27. The first-order valence-corrected chi connectivity index (χ1v) is 7.18. The third kappa shape index (κ3) is 3.71. The van der Waals surface area contributed by atoms with Crippen LogP contribution in [0.4, 0.5) is 5.69 Å². The molecule has 0 unspecified atom stereocenters. The maximum atomic E-state index is 6.38. The summed E-state index contributed by atoms with van der Waals surface area (Å²) in [5.41, 5.74) is 3.47. The molecule has 1 aromatic carbocycles. The van der Waals surface area contributed by atoms with Crippen molar-refractivity contribution in [1.29, 1.82) is 0 Å². The number of aromatic nitrogens is 1. The van der Waals surface area contributed by atoms with Crippen LogP contribution in [0.3, 0.4) is 0 Å². The summed E-state index contributed by atoms with van der Waals surface area (Å²) >= 11 is 6.38. The molecule has 0 amide bonds. The summed E-state index contributed by atoms with van der Waals surface area (Å²) in [7, 11) is 2.06. The van der Waals surface area contributed by atoms with Crippen molar-refractivity contribution in [3.63, 3.8) is 0 Å². The van der Waals surface area contributed by atoms with Gasteiger partial charge in [0.05, 0.1) is 10.7 Å². The van der Waals surface area contributed by atoms with E-state index in [1.165, 1.54) is 11.1 Å². The van der Waals surface area contributed by atoms with Crippen LogP contribution in [0.2, 0.25) is 5.02 Å². The Hall–Kier alpha value is -1.58. The fourth-order valence-electron chi connectivity index (χ4n) is 2.23. The van der Waals surface area contributed by atoms with Crippen LogP contribution in [0, 0.1) is 0 Å². The second-order valence-electron chi connectivity index (χ2n) is 4.75. The summed E-state index contributed by atoms with van der Waals surface area (Å²) in [6.07, 6.45) is 3.67. The highest BCUT2D eigenvalue weighted by atomic mass is 35.5. The van der Waals surface area contributed by atoms with Crippen molar-refractivity contribution in [1.82, 2.24) is 10.3 Å². The van der Waals surface area contributed by atoms with Crippen LogP contribution in [0.15, 0.2) is 42.7 Å². The maximum absolute atomic E-state index is 6.38. The standard InChI is InChI=1S/C16H20ClN3/c1-3-18-11-14-7-4-8-15(17)16(14)20(2)12-13-6-5-9-19-10-13/h4-10,18H,3,11-12H2,1-2H3. The summed E-state index contributed by atoms with van der Waals surface area (Å²) < 4.78 is 0. The highest BCUT2D eigenvalue weighted by Gasteiger charge is 2.11. The van der Waals surface area contributed by atoms with Gasteiger partial charge in [-0.15, -0.1) is 0 Å². The highest BCUT2D eigenvalue weighted by molar-refractivity contribution is 6.33. The Morgan fingerprint density at radius 3 is 2.80 bits per heavy atom. The maximum Gasteiger partial charge on any atom is 0.0642 e. The van der Waals surface area contributed by atoms with E-state index in [1.54, 1.807) is 6.20 Å². The van der Waals surface area contributed by atoms with Crippen molar-refractivity contribution in [3.8, 4) is 0 Å². The van der Waals surface area contributed by atoms with Crippen LogP contribution in [-0.2, 0) is 13.1 Å². The van der Waals surface area contributed by atoms with Gasteiger partial charge in [-0.25, -0.2) is 0 Å². The minimum Gasteiger partial charge on any atom is -0.369 e. The van der Waals surface area contributed by atoms with Gasteiger partial charge in [0.2, 0.25) is 0 Å². The number of rotatable bonds is 6. The number of hydrogen-bond donors (Lipinski definition) is 1. The molecule has 2 rings (SSSR count). The molecule has 0 bridgehead atoms. The van der Waals surface area contributed by atoms with Gasteiger partial charge in [0.25, 0.3) is 0 Å². The molecule has 1 aromatic heterocycles. The largest absolute Gasteiger partial charge is 0.369 e. The molecule has 0 radical (unpaired) electrons. The monoisotopic (exact) mass is 289 g/mol. The minimum absolute atomic E-state index is 0.784. The summed E-state index contributed by atoms with van der Waals surface area (Å²) in [4.78, 5) is 6.33. The van der Waals surface area contributed by atoms with Gasteiger partial charge in [-0.2, -0.15) is 0 Å². The van der Waals surface area contributed by atoms with E-state index in [0.717, 1.165) is 30.3 Å². The summed E-state index contributed by atoms with van der Waals surface area (Å²) in [6, 6.07) is 10.1. The van der Waals surface area contributed by atoms with E-state index in [9.17, 15) is 0 Å². The lowest BCUT2D eigenvalue weighted by Gasteiger charge is -2.24. The lowest BCUT2D eigenvalue weighted by molar-refractivity contribution is 0.723. The molecular formula is C16H20ClN3. The fourth-order valence-corrected chi connectivity index (χ4v) is 2.57. The van der Waals surface area contributed by atoms with Crippen molar-refractivity contribution >= 4 is 17.3 Å². The lowest BCUT2D eigenvalue weighted by atomic mass is 10.1. The average molecular weight is 290 g/mol. The first-order chi connectivity index (χ1) is 9.72. The normalized spacial score (nSPS) is 10.6. The first kappa shape index (κ1) is 14.8. The molecule has 106 valence electrons. The first-order valence-electron chi connectivity index (χ1n) is 6.80. The van der Waals surface area contributed by atoms with Crippen molar-refractivity contribution in [2.75, 3.05) is 18.5 Å². The van der Waals surface area contributed by atoms with Crippen molar-refractivity contribution in [3.05, 3.63) is 58.9 Å². The van der Waals surface area contributed by atoms with E-state index in [0.29, 0.717) is 0 Å². The predicted molar refractivity (Wildman–Crippen MR) is 85.2 cm³/mol. The van der Waals surface area contributed by atoms with Gasteiger partial charge in [0, 0.05) is 32.5 Å². The van der Waals surface area contributed by atoms with Crippen LogP contribution in [0.1, 0.15) is 18.1 Å². The van der Waals surface area contributed by atoms with Gasteiger partial charge >= 0.3 is 0 Å². The Bertz CT molecular complexity index is 543. The molecule has 0 saturated heterocycles. The van der Waals surface area contributed by atoms with Crippen molar-refractivity contribution in [2.45, 2.75) is 20.0 Å². The smallest absolute Gasteiger partial charge is 0.0642 e. The van der Waals surface area contributed by atoms with Gasteiger partial charge in [-0.05, 0) is 29.8 Å². The quantitative estimate of drug-likeness (QED) is 0.882. The number of anilines is 1. The zero-order valence-electron chi connectivity index (χ0n) is 11.9. The molecule has 2 aromatic rings. The van der Waals surface area contributed by atoms with Crippen LogP contribution >= 0.6 is 11.6 Å². The van der Waals surface area contributed by atoms with E-state index in [1.807, 2.05) is 24.4 Å². The van der Waals surface area contributed by atoms with Crippen LogP contribution < -0.4 is 10.2 Å². The average Bonchev–Trinajstić information content (AvgIpc) is 2.46. The van der Waals surface area contributed by atoms with E-state index >= 15 is 0 Å². The van der Waals surface area contributed by atoms with E-state index in [2.05, 4.69) is 41.3 Å². The van der Waals surface area contributed by atoms with Crippen molar-refractivity contribution in [2.24, 2.45) is 0 Å². The zero-order valence-corrected chi connectivity index (χ0v) is 12.7. The molecule has 0 aliphatic heterocycles. The molecule has 0 fully saturated rings. The van der Waals surface area contributed by atoms with E-state index in [4.69, 9.17) is 11.6 Å². The molecule has 1 heterocycles. The number of halogens is 1. The number of hydrogen-bond acceptors (Lipinski definition) is 3. The Kier molecular flexibility index (Phi) is 5.39. The third-order valence-corrected chi connectivity index (χ3v) is 3.47. The number of nitrogens with zero attached hydrogens (tertiary/aromatic N) is 2. The third-order valence-electron chi connectivity index (χ3n) is 3.16. The Morgan fingerprint density at radius 2 is 2.10 bits per heavy atom. The van der Waals surface area contributed by atoms with Gasteiger partial charge in [0.15, 0.2) is 0 Å². The summed E-state index contributed by atoms with van der Waals surface area (Å²) in [6.45, 7) is 4.66. The highest BCUT2D eigenvalue weighted by Crippen LogP contribution is 2.30. The van der Waals surface area contributed by atoms with E-state index < -0.39 is 0 Å². The number of pyridine rings is 1. The van der Waals surface area contributed by atoms with Gasteiger partial charge < -0.3 is 10.2 Å². The number of benzene rings is 1. The SMILES string of the molecule is CCNCc1cccc(Cl)c1N(C)Cc1cccnc1. The molecule has 4 heteroatoms. The fraction of sp³-hybridized carbons (Fsp3) is 0.312. The second-order valence-corrected chi connectivity index (χ2v) is 5.15. The molecule has 0 aliphatic rings. The lowest BCUT2D eigenvalue weighted by Crippen LogP contribution is -2.21. The minimum atomic E-state index is 0.784. The van der Waals surface area contributed by atoms with Crippen molar-refractivity contribution < 1.29 is 0 Å². The Labute approximate surface area is 125 Å². The topological polar surface area (TPSA) is 28.2 Å². The predicted octanol–water partition coefficient (Wildman–Crippen LogP) is 3.48. The Morgan fingerprint density at radius 1 is 1.25 bits per heavy atom. The summed E-state index contributed by atoms with van der Waals surface area (Å²) in [5, 5.41) is 4.14. The zero-order chi connectivity index (χ0) is 14.4.